The van der Waals surface area contributed by atoms with Crippen molar-refractivity contribution in [3.05, 3.63) is 0 Å². The second-order valence-corrected chi connectivity index (χ2v) is 2.72. The summed E-state index contributed by atoms with van der Waals surface area (Å²) < 4.78 is 4.58. The summed E-state index contributed by atoms with van der Waals surface area (Å²) in [4.78, 5) is 0. The summed E-state index contributed by atoms with van der Waals surface area (Å²) in [5, 5.41) is 44.7. The lowest BCUT2D eigenvalue weighted by Crippen LogP contribution is -2.58. The molecule has 0 aromatic heterocycles. The summed E-state index contributed by atoms with van der Waals surface area (Å²) >= 11 is 0. The van der Waals surface area contributed by atoms with Crippen LogP contribution in [0.5, 0.6) is 0 Å². The van der Waals surface area contributed by atoms with Gasteiger partial charge in [-0.1, -0.05) is 0 Å². The first-order valence-corrected chi connectivity index (χ1v) is 3.56. The van der Waals surface area contributed by atoms with E-state index in [0.29, 0.717) is 0 Å². The zero-order valence-corrected chi connectivity index (χ0v) is 8.74. The van der Waals surface area contributed by atoms with E-state index in [4.69, 9.17) is 25.5 Å². The van der Waals surface area contributed by atoms with Gasteiger partial charge in [0.05, 0.1) is 6.61 Å². The van der Waals surface area contributed by atoms with Crippen LogP contribution in [0.4, 0.5) is 0 Å². The Morgan fingerprint density at radius 3 is 1.47 bits per heavy atom. The number of hydrogen-bond acceptors (Lipinski definition) is 6. The molecule has 0 spiro atoms. The highest BCUT2D eigenvalue weighted by atomic mass is 16.6. The number of aliphatic hydroxyl groups is 5. The summed E-state index contributed by atoms with van der Waals surface area (Å²) in [6, 6.07) is 0. The monoisotopic (exact) mass is 270 g/mol. The molecule has 11 nitrogen and oxygen atoms in total. The lowest BCUT2D eigenvalue weighted by Gasteiger charge is -2.37. The van der Waals surface area contributed by atoms with Crippen molar-refractivity contribution in [1.82, 2.24) is 0 Å². The number of aliphatic hydroxyl groups excluding tert-OH is 5. The van der Waals surface area contributed by atoms with Crippen molar-refractivity contribution in [2.75, 3.05) is 6.61 Å². The van der Waals surface area contributed by atoms with Crippen LogP contribution >= 0.6 is 0 Å². The molecule has 1 rings (SSSR count). The third kappa shape index (κ3) is 6.16. The second kappa shape index (κ2) is 12.0. The second-order valence-electron chi connectivity index (χ2n) is 2.72. The smallest absolute Gasteiger partial charge is 0.184 e. The topological polar surface area (TPSA) is 268 Å². The van der Waals surface area contributed by atoms with E-state index in [0.717, 1.165) is 0 Å². The Bertz CT molecular complexity index is 150. The molecule has 112 valence electrons. The van der Waals surface area contributed by atoms with Gasteiger partial charge in [0.2, 0.25) is 0 Å². The van der Waals surface area contributed by atoms with Gasteiger partial charge in [-0.2, -0.15) is 0 Å². The Labute approximate surface area is 96.0 Å². The van der Waals surface area contributed by atoms with E-state index in [-0.39, 0.29) is 27.4 Å². The first kappa shape index (κ1) is 30.0. The molecular formula is C6H22O11. The van der Waals surface area contributed by atoms with Crippen LogP contribution in [0, 0.1) is 0 Å². The maximum absolute atomic E-state index is 9.12. The standard InChI is InChI=1S/C6H12O6.5H2O/c7-1-2-3(8)4(9)5(10)6(11)12-2;;;;;/h2-11H,1H2;5*1H2/t2-,3-,4+,5-,6?;;;;;/m1...../s1. The van der Waals surface area contributed by atoms with Gasteiger partial charge in [-0.3, -0.25) is 0 Å². The quantitative estimate of drug-likeness (QED) is 0.308. The first-order chi connectivity index (χ1) is 5.57. The zero-order chi connectivity index (χ0) is 9.30. The maximum atomic E-state index is 9.12. The highest BCUT2D eigenvalue weighted by molar-refractivity contribution is 4.87. The van der Waals surface area contributed by atoms with Gasteiger partial charge in [0.1, 0.15) is 24.4 Å². The van der Waals surface area contributed by atoms with Crippen molar-refractivity contribution in [2.45, 2.75) is 30.7 Å². The first-order valence-electron chi connectivity index (χ1n) is 3.56. The van der Waals surface area contributed by atoms with E-state index in [1.165, 1.54) is 0 Å². The van der Waals surface area contributed by atoms with Crippen LogP contribution in [0.25, 0.3) is 0 Å². The third-order valence-corrected chi connectivity index (χ3v) is 1.87. The number of ether oxygens (including phenoxy) is 1. The normalized spacial score (nSPS) is 34.8. The minimum atomic E-state index is -1.57. The van der Waals surface area contributed by atoms with Crippen LogP contribution in [-0.4, -0.2) is 90.2 Å². The lowest BCUT2D eigenvalue weighted by molar-refractivity contribution is -0.286. The van der Waals surface area contributed by atoms with E-state index in [9.17, 15) is 0 Å². The predicted octanol–water partition coefficient (Wildman–Crippen LogP) is -7.34. The molecule has 1 saturated heterocycles. The van der Waals surface area contributed by atoms with Crippen LogP contribution in [-0.2, 0) is 4.74 Å². The Morgan fingerprint density at radius 1 is 0.706 bits per heavy atom. The fourth-order valence-corrected chi connectivity index (χ4v) is 1.08. The molecule has 0 bridgehead atoms. The molecule has 15 N–H and O–H groups in total. The largest absolute Gasteiger partial charge is 0.412 e. The fraction of sp³-hybridized carbons (Fsp3) is 1.00. The molecular weight excluding hydrogens is 248 g/mol. The zero-order valence-electron chi connectivity index (χ0n) is 8.74. The Balaban J connectivity index is -0.0000000960. The molecule has 0 aliphatic carbocycles. The van der Waals surface area contributed by atoms with E-state index in [1.807, 2.05) is 0 Å². The molecule has 1 unspecified atom stereocenters. The summed E-state index contributed by atoms with van der Waals surface area (Å²) in [5.74, 6) is 0. The molecule has 0 aromatic carbocycles. The highest BCUT2D eigenvalue weighted by Crippen LogP contribution is 2.18. The SMILES string of the molecule is O.O.O.O.O.OC[C@H]1OC(O)[C@H](O)[C@@H](O)[C@@H]1O. The molecule has 0 aromatic rings. The summed E-state index contributed by atoms with van der Waals surface area (Å²) in [6.07, 6.45) is -7.04. The van der Waals surface area contributed by atoms with Crippen LogP contribution in [0.3, 0.4) is 0 Å². The molecule has 5 atom stereocenters. The Kier molecular flexibility index (Phi) is 21.2. The predicted molar refractivity (Wildman–Crippen MR) is 54.1 cm³/mol. The Morgan fingerprint density at radius 2 is 1.12 bits per heavy atom. The lowest BCUT2D eigenvalue weighted by atomic mass is 10.00. The summed E-state index contributed by atoms with van der Waals surface area (Å²) in [7, 11) is 0. The van der Waals surface area contributed by atoms with Crippen molar-refractivity contribution in [3.8, 4) is 0 Å². The fourth-order valence-electron chi connectivity index (χ4n) is 1.08. The molecule has 17 heavy (non-hydrogen) atoms. The molecule has 11 heteroatoms. The molecule has 1 heterocycles. The van der Waals surface area contributed by atoms with Gasteiger partial charge < -0.3 is 57.7 Å². The third-order valence-electron chi connectivity index (χ3n) is 1.87. The molecule has 1 aliphatic heterocycles. The van der Waals surface area contributed by atoms with Crippen LogP contribution in [0.2, 0.25) is 0 Å². The van der Waals surface area contributed by atoms with Crippen LogP contribution in [0.15, 0.2) is 0 Å². The van der Waals surface area contributed by atoms with Crippen LogP contribution < -0.4 is 0 Å². The van der Waals surface area contributed by atoms with Crippen molar-refractivity contribution < 1.29 is 57.7 Å². The van der Waals surface area contributed by atoms with Gasteiger partial charge >= 0.3 is 0 Å². The molecule has 1 aliphatic rings. The molecule has 0 amide bonds. The summed E-state index contributed by atoms with van der Waals surface area (Å²) in [5.41, 5.74) is 0. The van der Waals surface area contributed by atoms with Gasteiger partial charge in [-0.25, -0.2) is 0 Å². The van der Waals surface area contributed by atoms with Gasteiger partial charge in [-0.15, -0.1) is 0 Å². The maximum Gasteiger partial charge on any atom is 0.184 e. The van der Waals surface area contributed by atoms with Crippen molar-refractivity contribution >= 4 is 0 Å². The molecule has 1 fully saturated rings. The van der Waals surface area contributed by atoms with Gasteiger partial charge in [0, 0.05) is 0 Å². The van der Waals surface area contributed by atoms with E-state index in [2.05, 4.69) is 4.74 Å². The van der Waals surface area contributed by atoms with Crippen molar-refractivity contribution in [2.24, 2.45) is 0 Å². The van der Waals surface area contributed by atoms with Gasteiger partial charge in [0.15, 0.2) is 6.29 Å². The minimum absolute atomic E-state index is 0. The van der Waals surface area contributed by atoms with E-state index >= 15 is 0 Å². The van der Waals surface area contributed by atoms with Crippen molar-refractivity contribution in [1.29, 1.82) is 0 Å². The number of rotatable bonds is 1. The minimum Gasteiger partial charge on any atom is -0.412 e. The van der Waals surface area contributed by atoms with Crippen molar-refractivity contribution in [3.63, 3.8) is 0 Å². The number of hydrogen-bond donors (Lipinski definition) is 5. The van der Waals surface area contributed by atoms with E-state index < -0.39 is 37.3 Å². The van der Waals surface area contributed by atoms with Crippen LogP contribution in [0.1, 0.15) is 0 Å². The highest BCUT2D eigenvalue weighted by Gasteiger charge is 2.42. The van der Waals surface area contributed by atoms with Gasteiger partial charge in [0.25, 0.3) is 0 Å². The summed E-state index contributed by atoms with van der Waals surface area (Å²) in [6.45, 7) is -0.526. The molecule has 0 saturated carbocycles. The Hall–Kier alpha value is -0.440. The molecule has 0 radical (unpaired) electrons. The van der Waals surface area contributed by atoms with Gasteiger partial charge in [-0.05, 0) is 0 Å². The van der Waals surface area contributed by atoms with E-state index in [1.54, 1.807) is 0 Å². The average Bonchev–Trinajstić information content (AvgIpc) is 2.08. The average molecular weight is 270 g/mol.